The maximum atomic E-state index is 12.0. The lowest BCUT2D eigenvalue weighted by atomic mass is 9.98. The fourth-order valence-corrected chi connectivity index (χ4v) is 3.19. The summed E-state index contributed by atoms with van der Waals surface area (Å²) >= 11 is 0. The number of ether oxygens (including phenoxy) is 1. The number of anilines is 1. The molecule has 2 aromatic rings. The molecule has 1 saturated heterocycles. The van der Waals surface area contributed by atoms with Crippen molar-refractivity contribution in [2.24, 2.45) is 5.92 Å². The molecule has 0 bridgehead atoms. The zero-order valence-electron chi connectivity index (χ0n) is 16.0. The van der Waals surface area contributed by atoms with Crippen molar-refractivity contribution in [1.29, 1.82) is 0 Å². The van der Waals surface area contributed by atoms with Gasteiger partial charge in [-0.05, 0) is 75.1 Å². The Balaban J connectivity index is 1.36. The number of aryl methyl sites for hydroxylation is 1. The van der Waals surface area contributed by atoms with Crippen LogP contribution < -0.4 is 20.7 Å². The van der Waals surface area contributed by atoms with E-state index in [9.17, 15) is 4.79 Å². The standard InChI is InChI=1S/C22H29N3O2/c1-17-2-6-20(7-3-17)25-22(26)16-27-21-8-4-18(5-9-21)14-24-15-19-10-12-23-13-11-19/h2-9,19,23-24H,10-16H2,1H3,(H,25,26). The van der Waals surface area contributed by atoms with E-state index in [1.165, 1.54) is 18.4 Å². The summed E-state index contributed by atoms with van der Waals surface area (Å²) in [5.74, 6) is 1.32. The Kier molecular flexibility index (Phi) is 7.25. The van der Waals surface area contributed by atoms with Crippen LogP contribution in [0.1, 0.15) is 24.0 Å². The Morgan fingerprint density at radius 2 is 1.78 bits per heavy atom. The second kappa shape index (κ2) is 10.1. The monoisotopic (exact) mass is 367 g/mol. The molecule has 144 valence electrons. The average molecular weight is 367 g/mol. The third kappa shape index (κ3) is 6.70. The van der Waals surface area contributed by atoms with Crippen molar-refractivity contribution >= 4 is 11.6 Å². The number of hydrogen-bond donors (Lipinski definition) is 3. The van der Waals surface area contributed by atoms with Crippen LogP contribution >= 0.6 is 0 Å². The van der Waals surface area contributed by atoms with Gasteiger partial charge in [0.15, 0.2) is 6.61 Å². The van der Waals surface area contributed by atoms with E-state index in [0.29, 0.717) is 5.75 Å². The fraction of sp³-hybridized carbons (Fsp3) is 0.409. The second-order valence-corrected chi connectivity index (χ2v) is 7.17. The molecule has 1 aliphatic rings. The van der Waals surface area contributed by atoms with Gasteiger partial charge in [0.25, 0.3) is 5.91 Å². The minimum Gasteiger partial charge on any atom is -0.484 e. The number of nitrogens with one attached hydrogen (secondary N) is 3. The highest BCUT2D eigenvalue weighted by atomic mass is 16.5. The lowest BCUT2D eigenvalue weighted by Crippen LogP contribution is -2.33. The molecule has 0 saturated carbocycles. The molecule has 27 heavy (non-hydrogen) atoms. The van der Waals surface area contributed by atoms with Crippen LogP contribution in [-0.4, -0.2) is 32.1 Å². The Hall–Kier alpha value is -2.37. The van der Waals surface area contributed by atoms with E-state index in [-0.39, 0.29) is 12.5 Å². The lowest BCUT2D eigenvalue weighted by Gasteiger charge is -2.22. The molecule has 1 amide bonds. The minimum atomic E-state index is -0.161. The van der Waals surface area contributed by atoms with Crippen LogP contribution in [0.5, 0.6) is 5.75 Å². The molecular formula is C22H29N3O2. The first-order chi connectivity index (χ1) is 13.2. The van der Waals surface area contributed by atoms with Crippen LogP contribution in [-0.2, 0) is 11.3 Å². The normalized spacial score (nSPS) is 14.7. The second-order valence-electron chi connectivity index (χ2n) is 7.17. The quantitative estimate of drug-likeness (QED) is 0.671. The van der Waals surface area contributed by atoms with Crippen molar-refractivity contribution in [3.05, 3.63) is 59.7 Å². The van der Waals surface area contributed by atoms with E-state index in [4.69, 9.17) is 4.74 Å². The summed E-state index contributed by atoms with van der Waals surface area (Å²) in [7, 11) is 0. The molecule has 5 nitrogen and oxygen atoms in total. The van der Waals surface area contributed by atoms with Gasteiger partial charge in [-0.3, -0.25) is 4.79 Å². The van der Waals surface area contributed by atoms with Gasteiger partial charge in [-0.1, -0.05) is 29.8 Å². The van der Waals surface area contributed by atoms with Gasteiger partial charge in [-0.15, -0.1) is 0 Å². The molecule has 5 heteroatoms. The molecule has 3 rings (SSSR count). The molecule has 3 N–H and O–H groups in total. The maximum Gasteiger partial charge on any atom is 0.262 e. The molecule has 0 radical (unpaired) electrons. The van der Waals surface area contributed by atoms with E-state index < -0.39 is 0 Å². The SMILES string of the molecule is Cc1ccc(NC(=O)COc2ccc(CNCC3CCNCC3)cc2)cc1. The highest BCUT2D eigenvalue weighted by Crippen LogP contribution is 2.14. The van der Waals surface area contributed by atoms with E-state index >= 15 is 0 Å². The predicted octanol–water partition coefficient (Wildman–Crippen LogP) is 3.10. The van der Waals surface area contributed by atoms with Crippen LogP contribution in [0, 0.1) is 12.8 Å². The summed E-state index contributed by atoms with van der Waals surface area (Å²) in [6.07, 6.45) is 2.51. The zero-order chi connectivity index (χ0) is 18.9. The smallest absolute Gasteiger partial charge is 0.262 e. The number of benzene rings is 2. The first kappa shape index (κ1) is 19.4. The molecule has 1 fully saturated rings. The third-order valence-electron chi connectivity index (χ3n) is 4.85. The van der Waals surface area contributed by atoms with Crippen molar-refractivity contribution in [2.75, 3.05) is 31.6 Å². The average Bonchev–Trinajstić information content (AvgIpc) is 2.70. The highest BCUT2D eigenvalue weighted by Gasteiger charge is 2.12. The number of carbonyl (C=O) groups is 1. The summed E-state index contributed by atoms with van der Waals surface area (Å²) < 4.78 is 5.58. The van der Waals surface area contributed by atoms with Gasteiger partial charge in [0.2, 0.25) is 0 Å². The summed E-state index contributed by atoms with van der Waals surface area (Å²) in [5, 5.41) is 9.77. The molecule has 2 aromatic carbocycles. The summed E-state index contributed by atoms with van der Waals surface area (Å²) in [6.45, 7) is 6.21. The fourth-order valence-electron chi connectivity index (χ4n) is 3.19. The van der Waals surface area contributed by atoms with Gasteiger partial charge < -0.3 is 20.7 Å². The van der Waals surface area contributed by atoms with Crippen molar-refractivity contribution in [1.82, 2.24) is 10.6 Å². The summed E-state index contributed by atoms with van der Waals surface area (Å²) in [5.41, 5.74) is 3.17. The van der Waals surface area contributed by atoms with Crippen LogP contribution in [0.25, 0.3) is 0 Å². The van der Waals surface area contributed by atoms with E-state index in [0.717, 1.165) is 43.3 Å². The minimum absolute atomic E-state index is 0.00118. The number of hydrogen-bond acceptors (Lipinski definition) is 4. The zero-order valence-corrected chi connectivity index (χ0v) is 16.0. The topological polar surface area (TPSA) is 62.4 Å². The van der Waals surface area contributed by atoms with Gasteiger partial charge in [-0.2, -0.15) is 0 Å². The van der Waals surface area contributed by atoms with Crippen LogP contribution in [0.15, 0.2) is 48.5 Å². The summed E-state index contributed by atoms with van der Waals surface area (Å²) in [4.78, 5) is 12.0. The first-order valence-corrected chi connectivity index (χ1v) is 9.69. The Morgan fingerprint density at radius 3 is 2.48 bits per heavy atom. The highest BCUT2D eigenvalue weighted by molar-refractivity contribution is 5.91. The molecule has 1 heterocycles. The van der Waals surface area contributed by atoms with E-state index in [1.54, 1.807) is 0 Å². The molecule has 0 aromatic heterocycles. The number of piperidine rings is 1. The third-order valence-corrected chi connectivity index (χ3v) is 4.85. The molecular weight excluding hydrogens is 338 g/mol. The van der Waals surface area contributed by atoms with Crippen LogP contribution in [0.2, 0.25) is 0 Å². The predicted molar refractivity (Wildman–Crippen MR) is 109 cm³/mol. The number of rotatable bonds is 8. The van der Waals surface area contributed by atoms with Crippen LogP contribution in [0.4, 0.5) is 5.69 Å². The van der Waals surface area contributed by atoms with Crippen molar-refractivity contribution in [3.63, 3.8) is 0 Å². The molecule has 1 aliphatic heterocycles. The molecule has 0 aliphatic carbocycles. The van der Waals surface area contributed by atoms with Crippen molar-refractivity contribution in [3.8, 4) is 5.75 Å². The number of carbonyl (C=O) groups excluding carboxylic acids is 1. The molecule has 0 unspecified atom stereocenters. The lowest BCUT2D eigenvalue weighted by molar-refractivity contribution is -0.118. The van der Waals surface area contributed by atoms with Crippen molar-refractivity contribution < 1.29 is 9.53 Å². The Labute approximate surface area is 161 Å². The van der Waals surface area contributed by atoms with E-state index in [2.05, 4.69) is 16.0 Å². The number of amides is 1. The first-order valence-electron chi connectivity index (χ1n) is 9.69. The Bertz CT molecular complexity index is 707. The van der Waals surface area contributed by atoms with Crippen LogP contribution in [0.3, 0.4) is 0 Å². The van der Waals surface area contributed by atoms with Gasteiger partial charge in [-0.25, -0.2) is 0 Å². The van der Waals surface area contributed by atoms with Gasteiger partial charge >= 0.3 is 0 Å². The van der Waals surface area contributed by atoms with Gasteiger partial charge in [0, 0.05) is 12.2 Å². The summed E-state index contributed by atoms with van der Waals surface area (Å²) in [6, 6.07) is 15.6. The largest absolute Gasteiger partial charge is 0.484 e. The maximum absolute atomic E-state index is 12.0. The van der Waals surface area contributed by atoms with E-state index in [1.807, 2.05) is 55.5 Å². The van der Waals surface area contributed by atoms with Crippen molar-refractivity contribution in [2.45, 2.75) is 26.3 Å². The molecule has 0 atom stereocenters. The Morgan fingerprint density at radius 1 is 1.07 bits per heavy atom. The van der Waals surface area contributed by atoms with Gasteiger partial charge in [0.05, 0.1) is 0 Å². The molecule has 0 spiro atoms. The van der Waals surface area contributed by atoms with Gasteiger partial charge in [0.1, 0.15) is 5.75 Å².